The number of aliphatic hydroxyl groups excluding tert-OH is 2. The SMILES string of the molecule is CC/C=C\C/C=C\C/C=C\C/C=C\C/C=C\C/C=C\CCCCCCCCCCCCCCCCCCC(=O)NC(CO)C(O)/C=C/CCCCCCCCCCCCCCCCCCCCCCC. The Morgan fingerprint density at radius 2 is 0.629 bits per heavy atom. The Kier molecular flexibility index (Phi) is 58.8. The Hall–Kier alpha value is -2.43. The van der Waals surface area contributed by atoms with Crippen LogP contribution in [0, 0.1) is 0 Å². The number of nitrogens with one attached hydrogen (secondary N) is 1. The van der Waals surface area contributed by atoms with Crippen molar-refractivity contribution in [1.82, 2.24) is 5.32 Å². The van der Waals surface area contributed by atoms with Crippen molar-refractivity contribution in [1.29, 1.82) is 0 Å². The van der Waals surface area contributed by atoms with Gasteiger partial charge in [0.15, 0.2) is 0 Å². The molecule has 4 heteroatoms. The van der Waals surface area contributed by atoms with Crippen molar-refractivity contribution in [2.75, 3.05) is 6.61 Å². The molecule has 0 fully saturated rings. The molecule has 70 heavy (non-hydrogen) atoms. The topological polar surface area (TPSA) is 69.6 Å². The average Bonchev–Trinajstić information content (AvgIpc) is 3.36. The number of hydrogen-bond acceptors (Lipinski definition) is 3. The van der Waals surface area contributed by atoms with Crippen LogP contribution in [0.1, 0.15) is 309 Å². The molecule has 0 saturated carbocycles. The number of rotatable bonds is 56. The van der Waals surface area contributed by atoms with Crippen molar-refractivity contribution < 1.29 is 15.0 Å². The molecule has 0 aromatic heterocycles. The van der Waals surface area contributed by atoms with Crippen molar-refractivity contribution in [3.05, 3.63) is 85.1 Å². The van der Waals surface area contributed by atoms with Gasteiger partial charge in [-0.15, -0.1) is 0 Å². The van der Waals surface area contributed by atoms with Crippen LogP contribution in [-0.2, 0) is 4.79 Å². The minimum Gasteiger partial charge on any atom is -0.394 e. The zero-order valence-electron chi connectivity index (χ0n) is 46.8. The van der Waals surface area contributed by atoms with Crippen LogP contribution in [-0.4, -0.2) is 34.9 Å². The first-order valence-electron chi connectivity index (χ1n) is 30.8. The molecular weight excluding hydrogens is 855 g/mol. The molecule has 0 heterocycles. The van der Waals surface area contributed by atoms with E-state index in [9.17, 15) is 15.0 Å². The van der Waals surface area contributed by atoms with Gasteiger partial charge in [-0.1, -0.05) is 317 Å². The Balaban J connectivity index is 3.49. The number of aliphatic hydroxyl groups is 2. The van der Waals surface area contributed by atoms with Gasteiger partial charge < -0.3 is 15.5 Å². The van der Waals surface area contributed by atoms with Gasteiger partial charge in [0.2, 0.25) is 5.91 Å². The summed E-state index contributed by atoms with van der Waals surface area (Å²) in [5.41, 5.74) is 0. The average molecular weight is 975 g/mol. The third-order valence-electron chi connectivity index (χ3n) is 13.9. The molecule has 0 spiro atoms. The van der Waals surface area contributed by atoms with Crippen LogP contribution in [0.3, 0.4) is 0 Å². The molecule has 4 nitrogen and oxygen atoms in total. The molecule has 0 aliphatic carbocycles. The zero-order chi connectivity index (χ0) is 50.6. The summed E-state index contributed by atoms with van der Waals surface area (Å²) in [6.07, 6.45) is 89.1. The first kappa shape index (κ1) is 67.6. The van der Waals surface area contributed by atoms with Gasteiger partial charge in [0, 0.05) is 6.42 Å². The molecule has 0 aromatic carbocycles. The predicted octanol–water partition coefficient (Wildman–Crippen LogP) is 20.7. The number of hydrogen-bond donors (Lipinski definition) is 3. The highest BCUT2D eigenvalue weighted by molar-refractivity contribution is 5.76. The fraction of sp³-hybridized carbons (Fsp3) is 0.773. The molecular formula is C66H119NO3. The summed E-state index contributed by atoms with van der Waals surface area (Å²) in [6.45, 7) is 4.22. The first-order valence-corrected chi connectivity index (χ1v) is 30.8. The maximum Gasteiger partial charge on any atom is 0.220 e. The summed E-state index contributed by atoms with van der Waals surface area (Å²) in [7, 11) is 0. The summed E-state index contributed by atoms with van der Waals surface area (Å²) >= 11 is 0. The number of amides is 1. The van der Waals surface area contributed by atoms with Gasteiger partial charge in [0.25, 0.3) is 0 Å². The van der Waals surface area contributed by atoms with Crippen molar-refractivity contribution in [2.24, 2.45) is 0 Å². The summed E-state index contributed by atoms with van der Waals surface area (Å²) < 4.78 is 0. The molecule has 0 aliphatic rings. The molecule has 3 N–H and O–H groups in total. The highest BCUT2D eigenvalue weighted by Crippen LogP contribution is 2.17. The largest absolute Gasteiger partial charge is 0.394 e. The summed E-state index contributed by atoms with van der Waals surface area (Å²) in [5, 5.41) is 23.2. The Morgan fingerprint density at radius 1 is 0.357 bits per heavy atom. The second kappa shape index (κ2) is 60.9. The number of unbranched alkanes of at least 4 members (excludes halogenated alkanes) is 37. The number of allylic oxidation sites excluding steroid dienone is 13. The molecule has 0 radical (unpaired) electrons. The molecule has 0 aromatic rings. The molecule has 0 saturated heterocycles. The van der Waals surface area contributed by atoms with Crippen LogP contribution in [0.25, 0.3) is 0 Å². The summed E-state index contributed by atoms with van der Waals surface area (Å²) in [6, 6.07) is -0.626. The van der Waals surface area contributed by atoms with E-state index in [0.29, 0.717) is 6.42 Å². The minimum atomic E-state index is -0.843. The Bertz CT molecular complexity index is 1240. The third kappa shape index (κ3) is 56.5. The molecule has 1 amide bonds. The second-order valence-electron chi connectivity index (χ2n) is 20.7. The van der Waals surface area contributed by atoms with E-state index in [-0.39, 0.29) is 12.5 Å². The van der Waals surface area contributed by atoms with E-state index in [0.717, 1.165) is 64.2 Å². The minimum absolute atomic E-state index is 0.0623. The van der Waals surface area contributed by atoms with Crippen LogP contribution in [0.4, 0.5) is 0 Å². The normalized spacial score (nSPS) is 13.4. The maximum atomic E-state index is 12.5. The van der Waals surface area contributed by atoms with E-state index in [4.69, 9.17) is 0 Å². The quantitative estimate of drug-likeness (QED) is 0.0420. The second-order valence-corrected chi connectivity index (χ2v) is 20.7. The molecule has 0 bridgehead atoms. The van der Waals surface area contributed by atoms with Gasteiger partial charge in [0.1, 0.15) is 0 Å². The summed E-state index contributed by atoms with van der Waals surface area (Å²) in [4.78, 5) is 12.5. The lowest BCUT2D eigenvalue weighted by Gasteiger charge is -2.20. The lowest BCUT2D eigenvalue weighted by Crippen LogP contribution is -2.45. The fourth-order valence-electron chi connectivity index (χ4n) is 9.24. The van der Waals surface area contributed by atoms with E-state index in [1.165, 1.54) is 225 Å². The van der Waals surface area contributed by atoms with E-state index >= 15 is 0 Å². The monoisotopic (exact) mass is 974 g/mol. The predicted molar refractivity (Wildman–Crippen MR) is 313 cm³/mol. The van der Waals surface area contributed by atoms with Gasteiger partial charge in [0.05, 0.1) is 18.8 Å². The van der Waals surface area contributed by atoms with E-state index in [2.05, 4.69) is 92.1 Å². The fourth-order valence-corrected chi connectivity index (χ4v) is 9.24. The number of carbonyl (C=O) groups is 1. The van der Waals surface area contributed by atoms with Crippen molar-refractivity contribution in [3.8, 4) is 0 Å². The van der Waals surface area contributed by atoms with Crippen molar-refractivity contribution in [2.45, 2.75) is 321 Å². The van der Waals surface area contributed by atoms with Gasteiger partial charge in [-0.3, -0.25) is 4.79 Å². The van der Waals surface area contributed by atoms with Gasteiger partial charge in [-0.2, -0.15) is 0 Å². The molecule has 0 aliphatic heterocycles. The van der Waals surface area contributed by atoms with Crippen LogP contribution in [0.2, 0.25) is 0 Å². The lowest BCUT2D eigenvalue weighted by molar-refractivity contribution is -0.123. The van der Waals surface area contributed by atoms with Crippen LogP contribution >= 0.6 is 0 Å². The first-order chi connectivity index (χ1) is 34.7. The Morgan fingerprint density at radius 3 is 0.943 bits per heavy atom. The molecule has 406 valence electrons. The van der Waals surface area contributed by atoms with Crippen LogP contribution in [0.5, 0.6) is 0 Å². The highest BCUT2D eigenvalue weighted by Gasteiger charge is 2.18. The summed E-state index contributed by atoms with van der Waals surface area (Å²) in [5.74, 6) is -0.0623. The van der Waals surface area contributed by atoms with Gasteiger partial charge >= 0.3 is 0 Å². The smallest absolute Gasteiger partial charge is 0.220 e. The zero-order valence-corrected chi connectivity index (χ0v) is 46.8. The van der Waals surface area contributed by atoms with Crippen molar-refractivity contribution in [3.63, 3.8) is 0 Å². The van der Waals surface area contributed by atoms with Crippen LogP contribution < -0.4 is 5.32 Å². The van der Waals surface area contributed by atoms with E-state index in [1.807, 2.05) is 6.08 Å². The third-order valence-corrected chi connectivity index (χ3v) is 13.9. The highest BCUT2D eigenvalue weighted by atomic mass is 16.3. The molecule has 2 unspecified atom stereocenters. The number of carbonyl (C=O) groups excluding carboxylic acids is 1. The van der Waals surface area contributed by atoms with Gasteiger partial charge in [-0.05, 0) is 70.6 Å². The lowest BCUT2D eigenvalue weighted by atomic mass is 10.0. The standard InChI is InChI=1S/C66H119NO3/c1-3-5-7-9-11-13-15-17-19-21-23-25-27-28-29-30-31-32-33-34-35-36-37-38-40-42-44-46-48-50-52-54-56-58-60-62-66(70)67-64(63-68)65(69)61-59-57-55-53-51-49-47-45-43-41-39-26-24-22-20-18-16-14-12-10-8-6-4-2/h5,7,11,13,17,19,23,25,28-29,31-32,59,61,64-65,68-69H,3-4,6,8-10,12,14-16,18,20-22,24,26-27,30,33-58,60,62-63H2,1-2H3,(H,67,70)/b7-5-,13-11-,19-17-,25-23-,29-28-,32-31-,61-59+. The Labute approximate surface area is 437 Å². The van der Waals surface area contributed by atoms with Gasteiger partial charge in [-0.25, -0.2) is 0 Å². The van der Waals surface area contributed by atoms with E-state index in [1.54, 1.807) is 6.08 Å². The van der Waals surface area contributed by atoms with Crippen LogP contribution in [0.15, 0.2) is 85.1 Å². The van der Waals surface area contributed by atoms with Crippen molar-refractivity contribution >= 4 is 5.91 Å². The molecule has 0 rings (SSSR count). The molecule has 2 atom stereocenters. The maximum absolute atomic E-state index is 12.5. The van der Waals surface area contributed by atoms with E-state index < -0.39 is 12.1 Å².